The summed E-state index contributed by atoms with van der Waals surface area (Å²) in [6.07, 6.45) is 2.06. The molecule has 0 spiro atoms. The molecule has 0 atom stereocenters. The van der Waals surface area contributed by atoms with Crippen molar-refractivity contribution in [3.05, 3.63) is 11.7 Å². The van der Waals surface area contributed by atoms with Crippen LogP contribution in [0.15, 0.2) is 4.52 Å². The SMILES string of the molecule is O=CCc1nc(CCCO)no1. The van der Waals surface area contributed by atoms with E-state index in [9.17, 15) is 4.79 Å². The maximum atomic E-state index is 10.0. The Morgan fingerprint density at radius 1 is 1.58 bits per heavy atom. The van der Waals surface area contributed by atoms with Crippen LogP contribution < -0.4 is 0 Å². The number of aliphatic hydroxyl groups excluding tert-OH is 1. The number of hydrogen-bond donors (Lipinski definition) is 1. The maximum absolute atomic E-state index is 10.0. The lowest BCUT2D eigenvalue weighted by Gasteiger charge is -1.87. The quantitative estimate of drug-likeness (QED) is 0.616. The number of rotatable bonds is 5. The van der Waals surface area contributed by atoms with Crippen LogP contribution in [0.1, 0.15) is 18.1 Å². The topological polar surface area (TPSA) is 76.2 Å². The van der Waals surface area contributed by atoms with Gasteiger partial charge in [-0.3, -0.25) is 0 Å². The Labute approximate surface area is 69.4 Å². The van der Waals surface area contributed by atoms with Gasteiger partial charge in [0, 0.05) is 13.0 Å². The Morgan fingerprint density at radius 3 is 3.08 bits per heavy atom. The summed E-state index contributed by atoms with van der Waals surface area (Å²) < 4.78 is 4.73. The van der Waals surface area contributed by atoms with Gasteiger partial charge >= 0.3 is 0 Å². The van der Waals surface area contributed by atoms with Gasteiger partial charge in [0.2, 0.25) is 5.89 Å². The van der Waals surface area contributed by atoms with Crippen LogP contribution in [0.4, 0.5) is 0 Å². The van der Waals surface area contributed by atoms with E-state index in [2.05, 4.69) is 10.1 Å². The fraction of sp³-hybridized carbons (Fsp3) is 0.571. The number of carbonyl (C=O) groups excluding carboxylic acids is 1. The second kappa shape index (κ2) is 4.61. The van der Waals surface area contributed by atoms with Gasteiger partial charge in [-0.2, -0.15) is 4.98 Å². The molecule has 1 aromatic rings. The molecule has 1 rings (SSSR count). The molecule has 1 heterocycles. The highest BCUT2D eigenvalue weighted by Gasteiger charge is 2.03. The fourth-order valence-corrected chi connectivity index (χ4v) is 0.783. The first-order valence-corrected chi connectivity index (χ1v) is 3.72. The highest BCUT2D eigenvalue weighted by atomic mass is 16.5. The van der Waals surface area contributed by atoms with Crippen LogP contribution in [0.25, 0.3) is 0 Å². The van der Waals surface area contributed by atoms with Crippen LogP contribution in [0, 0.1) is 0 Å². The third-order valence-corrected chi connectivity index (χ3v) is 1.33. The Morgan fingerprint density at radius 2 is 2.42 bits per heavy atom. The molecule has 0 unspecified atom stereocenters. The average molecular weight is 170 g/mol. The average Bonchev–Trinajstić information content (AvgIpc) is 2.50. The highest BCUT2D eigenvalue weighted by Crippen LogP contribution is 1.99. The number of nitrogens with zero attached hydrogens (tertiary/aromatic N) is 2. The summed E-state index contributed by atoms with van der Waals surface area (Å²) in [5.74, 6) is 0.874. The Balaban J connectivity index is 2.46. The standard InChI is InChI=1S/C7H10N2O3/c10-4-1-2-6-8-7(3-5-11)12-9-6/h5,10H,1-4H2. The summed E-state index contributed by atoms with van der Waals surface area (Å²) in [6, 6.07) is 0. The van der Waals surface area contributed by atoms with Gasteiger partial charge in [0.1, 0.15) is 6.29 Å². The van der Waals surface area contributed by atoms with E-state index in [0.29, 0.717) is 30.8 Å². The van der Waals surface area contributed by atoms with Gasteiger partial charge in [0.25, 0.3) is 0 Å². The molecule has 5 nitrogen and oxygen atoms in total. The van der Waals surface area contributed by atoms with Gasteiger partial charge in [-0.05, 0) is 6.42 Å². The molecule has 0 aromatic carbocycles. The molecular formula is C7H10N2O3. The molecule has 66 valence electrons. The van der Waals surface area contributed by atoms with Crippen molar-refractivity contribution in [1.29, 1.82) is 0 Å². The third kappa shape index (κ3) is 2.43. The zero-order chi connectivity index (χ0) is 8.81. The van der Waals surface area contributed by atoms with Crippen LogP contribution in [0.3, 0.4) is 0 Å². The van der Waals surface area contributed by atoms with Crippen molar-refractivity contribution < 1.29 is 14.4 Å². The number of aliphatic hydroxyl groups is 1. The molecule has 0 amide bonds. The summed E-state index contributed by atoms with van der Waals surface area (Å²) in [4.78, 5) is 13.9. The van der Waals surface area contributed by atoms with Gasteiger partial charge in [0.15, 0.2) is 5.82 Å². The first kappa shape index (κ1) is 8.86. The summed E-state index contributed by atoms with van der Waals surface area (Å²) in [6.45, 7) is 0.109. The van der Waals surface area contributed by atoms with Crippen molar-refractivity contribution in [3.8, 4) is 0 Å². The van der Waals surface area contributed by atoms with Gasteiger partial charge in [-0.15, -0.1) is 0 Å². The molecule has 0 radical (unpaired) electrons. The number of aromatic nitrogens is 2. The van der Waals surface area contributed by atoms with E-state index >= 15 is 0 Å². The first-order chi connectivity index (χ1) is 5.86. The van der Waals surface area contributed by atoms with Crippen molar-refractivity contribution >= 4 is 6.29 Å². The number of hydrogen-bond acceptors (Lipinski definition) is 5. The predicted molar refractivity (Wildman–Crippen MR) is 39.5 cm³/mol. The number of aldehydes is 1. The van der Waals surface area contributed by atoms with Crippen molar-refractivity contribution in [2.45, 2.75) is 19.3 Å². The smallest absolute Gasteiger partial charge is 0.233 e. The lowest BCUT2D eigenvalue weighted by atomic mass is 10.3. The monoisotopic (exact) mass is 170 g/mol. The summed E-state index contributed by atoms with van der Waals surface area (Å²) in [7, 11) is 0. The molecule has 5 heteroatoms. The minimum absolute atomic E-state index is 0.109. The second-order valence-electron chi connectivity index (χ2n) is 2.30. The molecule has 0 aliphatic carbocycles. The molecule has 0 aliphatic rings. The van der Waals surface area contributed by atoms with Crippen molar-refractivity contribution in [1.82, 2.24) is 10.1 Å². The molecule has 12 heavy (non-hydrogen) atoms. The minimum Gasteiger partial charge on any atom is -0.396 e. The third-order valence-electron chi connectivity index (χ3n) is 1.33. The highest BCUT2D eigenvalue weighted by molar-refractivity contribution is 5.52. The van der Waals surface area contributed by atoms with E-state index in [1.165, 1.54) is 0 Å². The van der Waals surface area contributed by atoms with E-state index in [1.54, 1.807) is 0 Å². The molecule has 1 N–H and O–H groups in total. The van der Waals surface area contributed by atoms with Crippen LogP contribution in [0.2, 0.25) is 0 Å². The van der Waals surface area contributed by atoms with Crippen molar-refractivity contribution in [3.63, 3.8) is 0 Å². The van der Waals surface area contributed by atoms with Gasteiger partial charge in [-0.1, -0.05) is 5.16 Å². The van der Waals surface area contributed by atoms with Gasteiger partial charge in [0.05, 0.1) is 6.42 Å². The molecule has 0 fully saturated rings. The lowest BCUT2D eigenvalue weighted by molar-refractivity contribution is -0.107. The summed E-state index contributed by atoms with van der Waals surface area (Å²) >= 11 is 0. The summed E-state index contributed by atoms with van der Waals surface area (Å²) in [5.41, 5.74) is 0. The number of carbonyl (C=O) groups is 1. The predicted octanol–water partition coefficient (Wildman–Crippen LogP) is -0.264. The zero-order valence-electron chi connectivity index (χ0n) is 6.56. The van der Waals surface area contributed by atoms with Crippen LogP contribution in [0.5, 0.6) is 0 Å². The minimum atomic E-state index is 0.109. The summed E-state index contributed by atoms with van der Waals surface area (Å²) in [5, 5.41) is 12.1. The largest absolute Gasteiger partial charge is 0.396 e. The molecule has 0 bridgehead atoms. The van der Waals surface area contributed by atoms with Crippen LogP contribution in [-0.4, -0.2) is 28.1 Å². The first-order valence-electron chi connectivity index (χ1n) is 3.72. The zero-order valence-corrected chi connectivity index (χ0v) is 6.56. The molecule has 0 saturated carbocycles. The van der Waals surface area contributed by atoms with E-state index in [0.717, 1.165) is 0 Å². The number of aryl methyl sites for hydroxylation is 1. The normalized spacial score (nSPS) is 10.1. The molecule has 1 aromatic heterocycles. The van der Waals surface area contributed by atoms with E-state index < -0.39 is 0 Å². The molecular weight excluding hydrogens is 160 g/mol. The van der Waals surface area contributed by atoms with Crippen molar-refractivity contribution in [2.75, 3.05) is 6.61 Å². The Kier molecular flexibility index (Phi) is 3.40. The Hall–Kier alpha value is -1.23. The van der Waals surface area contributed by atoms with E-state index in [4.69, 9.17) is 9.63 Å². The Bertz CT molecular complexity index is 247. The van der Waals surface area contributed by atoms with Gasteiger partial charge < -0.3 is 14.4 Å². The van der Waals surface area contributed by atoms with Crippen LogP contribution >= 0.6 is 0 Å². The van der Waals surface area contributed by atoms with E-state index in [-0.39, 0.29) is 13.0 Å². The van der Waals surface area contributed by atoms with Crippen LogP contribution in [-0.2, 0) is 17.6 Å². The fourth-order valence-electron chi connectivity index (χ4n) is 0.783. The maximum Gasteiger partial charge on any atom is 0.233 e. The lowest BCUT2D eigenvalue weighted by Crippen LogP contribution is -1.92. The van der Waals surface area contributed by atoms with Gasteiger partial charge in [-0.25, -0.2) is 0 Å². The van der Waals surface area contributed by atoms with E-state index in [1.807, 2.05) is 0 Å². The molecule has 0 saturated heterocycles. The molecule has 0 aliphatic heterocycles. The second-order valence-corrected chi connectivity index (χ2v) is 2.30. The van der Waals surface area contributed by atoms with Crippen molar-refractivity contribution in [2.24, 2.45) is 0 Å².